The van der Waals surface area contributed by atoms with Crippen molar-refractivity contribution in [2.24, 2.45) is 0 Å². The highest BCUT2D eigenvalue weighted by atomic mass is 35.5. The van der Waals surface area contributed by atoms with Crippen molar-refractivity contribution < 1.29 is 19.0 Å². The molecule has 2 aromatic rings. The molecule has 0 bridgehead atoms. The topological polar surface area (TPSA) is 51.5 Å². The molecule has 0 aliphatic carbocycles. The Bertz CT molecular complexity index is 624. The number of aromatic nitrogens is 1. The lowest BCUT2D eigenvalue weighted by molar-refractivity contribution is 0.0688. The Morgan fingerprint density at radius 2 is 2.21 bits per heavy atom. The smallest absolute Gasteiger partial charge is 0.352 e. The van der Waals surface area contributed by atoms with Crippen molar-refractivity contribution in [1.29, 1.82) is 0 Å². The van der Waals surface area contributed by atoms with E-state index in [9.17, 15) is 9.18 Å². The molecule has 19 heavy (non-hydrogen) atoms. The quantitative estimate of drug-likeness (QED) is 0.936. The van der Waals surface area contributed by atoms with Crippen LogP contribution in [0.15, 0.2) is 30.5 Å². The zero-order valence-corrected chi connectivity index (χ0v) is 10.8. The van der Waals surface area contributed by atoms with Crippen LogP contribution in [-0.2, 0) is 0 Å². The molecule has 0 radical (unpaired) electrons. The molecule has 4 nitrogen and oxygen atoms in total. The first-order valence-corrected chi connectivity index (χ1v) is 5.94. The fourth-order valence-electron chi connectivity index (χ4n) is 1.72. The van der Waals surface area contributed by atoms with Gasteiger partial charge in [-0.1, -0.05) is 11.6 Å². The van der Waals surface area contributed by atoms with Gasteiger partial charge in [-0.05, 0) is 25.1 Å². The number of nitrogens with zero attached hydrogens (tertiary/aromatic N) is 1. The monoisotopic (exact) mass is 283 g/mol. The number of halogens is 2. The second kappa shape index (κ2) is 5.32. The Kier molecular flexibility index (Phi) is 3.76. The number of hydrogen-bond acceptors (Lipinski definition) is 2. The molecule has 0 unspecified atom stereocenters. The van der Waals surface area contributed by atoms with Gasteiger partial charge in [-0.25, -0.2) is 9.18 Å². The molecule has 1 aromatic carbocycles. The van der Waals surface area contributed by atoms with Crippen LogP contribution in [0.3, 0.4) is 0 Å². The number of carboxylic acids is 1. The van der Waals surface area contributed by atoms with Gasteiger partial charge in [0.15, 0.2) is 11.6 Å². The lowest BCUT2D eigenvalue weighted by atomic mass is 10.2. The molecule has 0 spiro atoms. The second-order valence-electron chi connectivity index (χ2n) is 3.77. The van der Waals surface area contributed by atoms with E-state index in [1.54, 1.807) is 13.0 Å². The number of ether oxygens (including phenoxy) is 1. The molecule has 0 aliphatic rings. The van der Waals surface area contributed by atoms with Gasteiger partial charge in [-0.15, -0.1) is 0 Å². The standard InChI is InChI=1S/C13H11ClFNO3/c1-2-19-12-4-3-9(6-10(12)15)16-7-8(14)5-11(16)13(17)18/h3-7H,2H2,1H3,(H,17,18). The number of aromatic carboxylic acids is 1. The molecule has 1 heterocycles. The fraction of sp³-hybridized carbons (Fsp3) is 0.154. The summed E-state index contributed by atoms with van der Waals surface area (Å²) >= 11 is 5.78. The third-order valence-electron chi connectivity index (χ3n) is 2.50. The highest BCUT2D eigenvalue weighted by Gasteiger charge is 2.14. The number of carbonyl (C=O) groups is 1. The number of benzene rings is 1. The molecule has 0 saturated carbocycles. The van der Waals surface area contributed by atoms with Crippen molar-refractivity contribution in [1.82, 2.24) is 4.57 Å². The first-order valence-electron chi connectivity index (χ1n) is 5.57. The third kappa shape index (κ3) is 2.71. The predicted octanol–water partition coefficient (Wildman–Crippen LogP) is 3.37. The second-order valence-corrected chi connectivity index (χ2v) is 4.20. The Hall–Kier alpha value is -2.01. The average Bonchev–Trinajstić information content (AvgIpc) is 2.74. The minimum atomic E-state index is -1.14. The molecular weight excluding hydrogens is 273 g/mol. The number of hydrogen-bond donors (Lipinski definition) is 1. The van der Waals surface area contributed by atoms with E-state index in [1.807, 2.05) is 0 Å². The van der Waals surface area contributed by atoms with Crippen LogP contribution in [0.2, 0.25) is 5.02 Å². The van der Waals surface area contributed by atoms with Gasteiger partial charge in [-0.3, -0.25) is 0 Å². The molecule has 2 rings (SSSR count). The van der Waals surface area contributed by atoms with Crippen LogP contribution in [0, 0.1) is 5.82 Å². The summed E-state index contributed by atoms with van der Waals surface area (Å²) in [7, 11) is 0. The van der Waals surface area contributed by atoms with E-state index in [1.165, 1.54) is 29.0 Å². The van der Waals surface area contributed by atoms with Crippen LogP contribution < -0.4 is 4.74 Å². The molecular formula is C13H11ClFNO3. The predicted molar refractivity (Wildman–Crippen MR) is 68.9 cm³/mol. The summed E-state index contributed by atoms with van der Waals surface area (Å²) in [5.74, 6) is -1.57. The van der Waals surface area contributed by atoms with Crippen LogP contribution in [0.25, 0.3) is 5.69 Å². The van der Waals surface area contributed by atoms with Crippen LogP contribution in [0.1, 0.15) is 17.4 Å². The van der Waals surface area contributed by atoms with E-state index in [0.717, 1.165) is 0 Å². The summed E-state index contributed by atoms with van der Waals surface area (Å²) in [6, 6.07) is 5.52. The van der Waals surface area contributed by atoms with Gasteiger partial charge in [-0.2, -0.15) is 0 Å². The van der Waals surface area contributed by atoms with Crippen molar-refractivity contribution in [2.75, 3.05) is 6.61 Å². The minimum absolute atomic E-state index is 0.0337. The summed E-state index contributed by atoms with van der Waals surface area (Å²) in [5, 5.41) is 9.32. The summed E-state index contributed by atoms with van der Waals surface area (Å²) < 4.78 is 20.1. The van der Waals surface area contributed by atoms with Gasteiger partial charge in [0, 0.05) is 18.0 Å². The van der Waals surface area contributed by atoms with Crippen molar-refractivity contribution in [3.63, 3.8) is 0 Å². The van der Waals surface area contributed by atoms with E-state index in [2.05, 4.69) is 0 Å². The Balaban J connectivity index is 2.48. The first-order chi connectivity index (χ1) is 9.02. The first kappa shape index (κ1) is 13.4. The van der Waals surface area contributed by atoms with Gasteiger partial charge in [0.1, 0.15) is 5.69 Å². The van der Waals surface area contributed by atoms with Crippen molar-refractivity contribution in [3.05, 3.63) is 47.0 Å². The Morgan fingerprint density at radius 3 is 2.79 bits per heavy atom. The van der Waals surface area contributed by atoms with Crippen molar-refractivity contribution in [3.8, 4) is 11.4 Å². The summed E-state index contributed by atoms with van der Waals surface area (Å²) in [6.45, 7) is 2.10. The lowest BCUT2D eigenvalue weighted by Crippen LogP contribution is -2.06. The fourth-order valence-corrected chi connectivity index (χ4v) is 1.92. The zero-order valence-electron chi connectivity index (χ0n) is 10.1. The van der Waals surface area contributed by atoms with Crippen LogP contribution in [0.5, 0.6) is 5.75 Å². The highest BCUT2D eigenvalue weighted by Crippen LogP contribution is 2.24. The minimum Gasteiger partial charge on any atom is -0.491 e. The van der Waals surface area contributed by atoms with Crippen LogP contribution in [-0.4, -0.2) is 22.2 Å². The highest BCUT2D eigenvalue weighted by molar-refractivity contribution is 6.31. The molecule has 0 amide bonds. The van der Waals surface area contributed by atoms with Gasteiger partial charge in [0.2, 0.25) is 0 Å². The van der Waals surface area contributed by atoms with Crippen LogP contribution in [0.4, 0.5) is 4.39 Å². The molecule has 100 valence electrons. The molecule has 1 N–H and O–H groups in total. The SMILES string of the molecule is CCOc1ccc(-n2cc(Cl)cc2C(=O)O)cc1F. The van der Waals surface area contributed by atoms with E-state index < -0.39 is 11.8 Å². The molecule has 0 saturated heterocycles. The van der Waals surface area contributed by atoms with Gasteiger partial charge in [0.05, 0.1) is 11.6 Å². The van der Waals surface area contributed by atoms with E-state index in [0.29, 0.717) is 12.3 Å². The van der Waals surface area contributed by atoms with E-state index in [-0.39, 0.29) is 16.5 Å². The van der Waals surface area contributed by atoms with E-state index >= 15 is 0 Å². The van der Waals surface area contributed by atoms with Gasteiger partial charge >= 0.3 is 5.97 Å². The third-order valence-corrected chi connectivity index (χ3v) is 2.71. The Labute approximate surface area is 114 Å². The van der Waals surface area contributed by atoms with Crippen molar-refractivity contribution >= 4 is 17.6 Å². The average molecular weight is 284 g/mol. The van der Waals surface area contributed by atoms with E-state index in [4.69, 9.17) is 21.4 Å². The Morgan fingerprint density at radius 1 is 1.47 bits per heavy atom. The number of carboxylic acid groups (broad SMARTS) is 1. The maximum Gasteiger partial charge on any atom is 0.352 e. The van der Waals surface area contributed by atoms with Gasteiger partial charge in [0.25, 0.3) is 0 Å². The zero-order chi connectivity index (χ0) is 14.0. The normalized spacial score (nSPS) is 10.5. The molecule has 0 fully saturated rings. The largest absolute Gasteiger partial charge is 0.491 e. The van der Waals surface area contributed by atoms with Crippen LogP contribution >= 0.6 is 11.6 Å². The summed E-state index contributed by atoms with van der Waals surface area (Å²) in [6.07, 6.45) is 1.42. The maximum absolute atomic E-state index is 13.7. The summed E-state index contributed by atoms with van der Waals surface area (Å²) in [5.41, 5.74) is 0.332. The lowest BCUT2D eigenvalue weighted by Gasteiger charge is -2.09. The molecule has 1 aromatic heterocycles. The molecule has 0 aliphatic heterocycles. The molecule has 0 atom stereocenters. The summed E-state index contributed by atoms with van der Waals surface area (Å²) in [4.78, 5) is 11.1. The number of rotatable bonds is 4. The maximum atomic E-state index is 13.7. The molecule has 6 heteroatoms. The van der Waals surface area contributed by atoms with Crippen molar-refractivity contribution in [2.45, 2.75) is 6.92 Å². The van der Waals surface area contributed by atoms with Gasteiger partial charge < -0.3 is 14.4 Å².